The van der Waals surface area contributed by atoms with Crippen LogP contribution in [-0.4, -0.2) is 15.9 Å². The van der Waals surface area contributed by atoms with Gasteiger partial charge in [-0.1, -0.05) is 12.1 Å². The molecular formula is C20H17FN4OS. The van der Waals surface area contributed by atoms with E-state index in [-0.39, 0.29) is 11.7 Å². The van der Waals surface area contributed by atoms with Crippen LogP contribution >= 0.6 is 11.3 Å². The zero-order chi connectivity index (χ0) is 19.1. The third kappa shape index (κ3) is 3.10. The Morgan fingerprint density at radius 2 is 2.04 bits per heavy atom. The Balaban J connectivity index is 1.80. The van der Waals surface area contributed by atoms with E-state index in [1.165, 1.54) is 17.4 Å². The Morgan fingerprint density at radius 1 is 1.22 bits per heavy atom. The molecule has 7 heteroatoms. The lowest BCUT2D eigenvalue weighted by molar-refractivity contribution is -0.110. The van der Waals surface area contributed by atoms with Crippen LogP contribution in [-0.2, 0) is 4.79 Å². The third-order valence-corrected chi connectivity index (χ3v) is 5.25. The summed E-state index contributed by atoms with van der Waals surface area (Å²) in [6.07, 6.45) is 3.35. The Morgan fingerprint density at radius 3 is 2.74 bits per heavy atom. The molecule has 0 saturated heterocycles. The number of nitrogens with one attached hydrogen (secondary N) is 2. The van der Waals surface area contributed by atoms with Crippen molar-refractivity contribution in [3.8, 4) is 11.3 Å². The first-order valence-electron chi connectivity index (χ1n) is 8.41. The molecule has 0 aliphatic carbocycles. The number of carbonyl (C=O) groups is 1. The maximum Gasteiger partial charge on any atom is 0.258 e. The molecule has 136 valence electrons. The first kappa shape index (κ1) is 17.4. The summed E-state index contributed by atoms with van der Waals surface area (Å²) in [6.45, 7) is 5.64. The summed E-state index contributed by atoms with van der Waals surface area (Å²) in [5.41, 5.74) is 4.24. The minimum atomic E-state index is -0.335. The van der Waals surface area contributed by atoms with Crippen LogP contribution in [0.3, 0.4) is 0 Å². The van der Waals surface area contributed by atoms with E-state index in [4.69, 9.17) is 0 Å². The average Bonchev–Trinajstić information content (AvgIpc) is 3.16. The standard InChI is InChI=1S/C20H17FN4OS/c1-10-5-4-6-14(21)17(10)15-7-13-16(9-22-15)25-19(26)18(13)12(3)24-20-23-8-11(2)27-20/h4-9H,1-3H3,(H,23,24)(H,25,26). The lowest BCUT2D eigenvalue weighted by Gasteiger charge is -2.10. The molecule has 0 fully saturated rings. The number of carbonyl (C=O) groups excluding carboxylic acids is 1. The lowest BCUT2D eigenvalue weighted by atomic mass is 10.00. The molecule has 0 unspecified atom stereocenters. The minimum absolute atomic E-state index is 0.215. The smallest absolute Gasteiger partial charge is 0.258 e. The number of rotatable bonds is 3. The SMILES string of the molecule is CC(Nc1ncc(C)s1)=C1C(=O)Nc2cnc(-c3c(C)cccc3F)cc21. The molecule has 2 aromatic heterocycles. The highest BCUT2D eigenvalue weighted by atomic mass is 32.1. The normalized spacial score (nSPS) is 14.7. The molecule has 0 atom stereocenters. The molecule has 1 aromatic carbocycles. The number of thiazole rings is 1. The molecule has 5 nitrogen and oxygen atoms in total. The summed E-state index contributed by atoms with van der Waals surface area (Å²) in [5, 5.41) is 6.73. The molecular weight excluding hydrogens is 363 g/mol. The van der Waals surface area contributed by atoms with Crippen LogP contribution in [0.4, 0.5) is 15.2 Å². The summed E-state index contributed by atoms with van der Waals surface area (Å²) in [7, 11) is 0. The van der Waals surface area contributed by atoms with Gasteiger partial charge in [0.15, 0.2) is 5.13 Å². The summed E-state index contributed by atoms with van der Waals surface area (Å²) in [6, 6.07) is 6.67. The second kappa shape index (κ2) is 6.59. The van der Waals surface area contributed by atoms with Crippen molar-refractivity contribution in [2.45, 2.75) is 20.8 Å². The topological polar surface area (TPSA) is 66.9 Å². The van der Waals surface area contributed by atoms with Gasteiger partial charge in [0.25, 0.3) is 5.91 Å². The highest BCUT2D eigenvalue weighted by molar-refractivity contribution is 7.15. The van der Waals surface area contributed by atoms with Crippen LogP contribution in [0.15, 0.2) is 42.4 Å². The average molecular weight is 380 g/mol. The van der Waals surface area contributed by atoms with Gasteiger partial charge in [-0.2, -0.15) is 0 Å². The van der Waals surface area contributed by atoms with E-state index < -0.39 is 0 Å². The lowest BCUT2D eigenvalue weighted by Crippen LogP contribution is -2.08. The summed E-state index contributed by atoms with van der Waals surface area (Å²) < 4.78 is 14.4. The first-order valence-corrected chi connectivity index (χ1v) is 9.23. The van der Waals surface area contributed by atoms with Crippen LogP contribution in [0, 0.1) is 19.7 Å². The number of nitrogens with zero attached hydrogens (tertiary/aromatic N) is 2. The van der Waals surface area contributed by atoms with Gasteiger partial charge in [0.05, 0.1) is 23.2 Å². The van der Waals surface area contributed by atoms with Gasteiger partial charge in [-0.05, 0) is 38.5 Å². The summed E-state index contributed by atoms with van der Waals surface area (Å²) >= 11 is 1.51. The highest BCUT2D eigenvalue weighted by Crippen LogP contribution is 2.37. The van der Waals surface area contributed by atoms with Crippen LogP contribution in [0.5, 0.6) is 0 Å². The number of aromatic nitrogens is 2. The molecule has 3 aromatic rings. The molecule has 4 rings (SSSR count). The predicted molar refractivity (Wildman–Crippen MR) is 106 cm³/mol. The van der Waals surface area contributed by atoms with Gasteiger partial charge < -0.3 is 10.6 Å². The predicted octanol–water partition coefficient (Wildman–Crippen LogP) is 4.76. The second-order valence-corrected chi connectivity index (χ2v) is 7.64. The molecule has 3 heterocycles. The summed E-state index contributed by atoms with van der Waals surface area (Å²) in [4.78, 5) is 22.2. The van der Waals surface area contributed by atoms with E-state index in [2.05, 4.69) is 20.6 Å². The first-order chi connectivity index (χ1) is 12.9. The molecule has 0 saturated carbocycles. The Bertz CT molecular complexity index is 1080. The molecule has 2 N–H and O–H groups in total. The van der Waals surface area contributed by atoms with E-state index in [0.29, 0.717) is 33.8 Å². The van der Waals surface area contributed by atoms with Crippen molar-refractivity contribution in [1.29, 1.82) is 0 Å². The van der Waals surface area contributed by atoms with Gasteiger partial charge in [-0.25, -0.2) is 9.37 Å². The number of allylic oxidation sites excluding steroid dienone is 1. The largest absolute Gasteiger partial charge is 0.335 e. The van der Waals surface area contributed by atoms with E-state index in [1.807, 2.05) is 26.8 Å². The van der Waals surface area contributed by atoms with Crippen LogP contribution in [0.2, 0.25) is 0 Å². The van der Waals surface area contributed by atoms with Crippen molar-refractivity contribution in [1.82, 2.24) is 9.97 Å². The number of amides is 1. The molecule has 0 radical (unpaired) electrons. The number of pyridine rings is 1. The number of anilines is 2. The van der Waals surface area contributed by atoms with Crippen molar-refractivity contribution in [2.75, 3.05) is 10.6 Å². The Kier molecular flexibility index (Phi) is 4.24. The molecule has 1 aliphatic heterocycles. The van der Waals surface area contributed by atoms with Crippen molar-refractivity contribution >= 4 is 33.6 Å². The summed E-state index contributed by atoms with van der Waals surface area (Å²) in [5.74, 6) is -0.550. The van der Waals surface area contributed by atoms with E-state index in [0.717, 1.165) is 15.6 Å². The number of hydrogen-bond donors (Lipinski definition) is 2. The highest BCUT2D eigenvalue weighted by Gasteiger charge is 2.28. The number of hydrogen-bond acceptors (Lipinski definition) is 5. The minimum Gasteiger partial charge on any atom is -0.335 e. The van der Waals surface area contributed by atoms with Crippen LogP contribution in [0.25, 0.3) is 16.8 Å². The molecule has 1 amide bonds. The van der Waals surface area contributed by atoms with Gasteiger partial charge >= 0.3 is 0 Å². The molecule has 0 spiro atoms. The van der Waals surface area contributed by atoms with E-state index in [1.54, 1.807) is 24.5 Å². The number of aryl methyl sites for hydroxylation is 2. The van der Waals surface area contributed by atoms with Gasteiger partial charge in [0, 0.05) is 27.9 Å². The van der Waals surface area contributed by atoms with Gasteiger partial charge in [-0.3, -0.25) is 9.78 Å². The van der Waals surface area contributed by atoms with Gasteiger partial charge in [0.1, 0.15) is 5.82 Å². The number of benzene rings is 1. The maximum absolute atomic E-state index is 14.4. The maximum atomic E-state index is 14.4. The molecule has 27 heavy (non-hydrogen) atoms. The quantitative estimate of drug-likeness (QED) is 0.643. The van der Waals surface area contributed by atoms with Crippen LogP contribution < -0.4 is 10.6 Å². The van der Waals surface area contributed by atoms with Crippen molar-refractivity contribution in [3.63, 3.8) is 0 Å². The van der Waals surface area contributed by atoms with Crippen LogP contribution in [0.1, 0.15) is 22.9 Å². The van der Waals surface area contributed by atoms with Crippen molar-refractivity contribution in [3.05, 3.63) is 64.2 Å². The van der Waals surface area contributed by atoms with Gasteiger partial charge in [-0.15, -0.1) is 11.3 Å². The van der Waals surface area contributed by atoms with Gasteiger partial charge in [0.2, 0.25) is 0 Å². The Hall–Kier alpha value is -3.06. The van der Waals surface area contributed by atoms with E-state index >= 15 is 0 Å². The zero-order valence-corrected chi connectivity index (χ0v) is 15.9. The van der Waals surface area contributed by atoms with E-state index in [9.17, 15) is 9.18 Å². The second-order valence-electron chi connectivity index (χ2n) is 6.40. The fraction of sp³-hybridized carbons (Fsp3) is 0.150. The molecule has 1 aliphatic rings. The van der Waals surface area contributed by atoms with Crippen molar-refractivity contribution < 1.29 is 9.18 Å². The zero-order valence-electron chi connectivity index (χ0n) is 15.1. The van der Waals surface area contributed by atoms with Crippen molar-refractivity contribution in [2.24, 2.45) is 0 Å². The fourth-order valence-corrected chi connectivity index (χ4v) is 3.89. The fourth-order valence-electron chi connectivity index (χ4n) is 3.17. The monoisotopic (exact) mass is 380 g/mol. The number of halogens is 1. The third-order valence-electron chi connectivity index (χ3n) is 4.42. The Labute approximate surface area is 160 Å². The molecule has 0 bridgehead atoms. The number of fused-ring (bicyclic) bond motifs is 1.